The number of ether oxygens (including phenoxy) is 1. The van der Waals surface area contributed by atoms with Crippen molar-refractivity contribution < 1.29 is 9.15 Å². The number of hydrogen-bond donors (Lipinski definition) is 0. The second kappa shape index (κ2) is 11.3. The van der Waals surface area contributed by atoms with E-state index in [1.807, 2.05) is 0 Å². The summed E-state index contributed by atoms with van der Waals surface area (Å²) in [7, 11) is 0. The molecule has 252 valence electrons. The molecule has 0 N–H and O–H groups in total. The normalized spacial score (nSPS) is 14.9. The van der Waals surface area contributed by atoms with Crippen LogP contribution in [0.3, 0.4) is 0 Å². The minimum atomic E-state index is -0.0366. The van der Waals surface area contributed by atoms with Gasteiger partial charge >= 0.3 is 0 Å². The smallest absolute Gasteiger partial charge is 0.136 e. The zero-order chi connectivity index (χ0) is 35.3. The van der Waals surface area contributed by atoms with Crippen molar-refractivity contribution in [2.75, 3.05) is 0 Å². The molecule has 2 nitrogen and oxygen atoms in total. The van der Waals surface area contributed by atoms with Crippen LogP contribution in [0.5, 0.6) is 5.75 Å². The van der Waals surface area contributed by atoms with Crippen molar-refractivity contribution in [3.05, 3.63) is 198 Å². The van der Waals surface area contributed by atoms with Gasteiger partial charge in [-0.1, -0.05) is 152 Å². The summed E-state index contributed by atoms with van der Waals surface area (Å²) in [5.41, 5.74) is 14.2. The Hall–Kier alpha value is -6.90. The van der Waals surface area contributed by atoms with E-state index in [0.29, 0.717) is 0 Å². The van der Waals surface area contributed by atoms with Crippen LogP contribution in [-0.2, 0) is 6.42 Å². The summed E-state index contributed by atoms with van der Waals surface area (Å²) in [6.07, 6.45) is 0.817. The summed E-state index contributed by atoms with van der Waals surface area (Å²) in [4.78, 5) is 0. The van der Waals surface area contributed by atoms with E-state index in [1.165, 1.54) is 82.6 Å². The highest BCUT2D eigenvalue weighted by Crippen LogP contribution is 2.52. The van der Waals surface area contributed by atoms with Crippen LogP contribution in [0.25, 0.3) is 87.7 Å². The molecule has 0 bridgehead atoms. The van der Waals surface area contributed by atoms with Gasteiger partial charge in [0.05, 0.1) is 0 Å². The highest BCUT2D eigenvalue weighted by Gasteiger charge is 2.37. The maximum absolute atomic E-state index is 6.71. The van der Waals surface area contributed by atoms with Gasteiger partial charge in [-0.15, -0.1) is 0 Å². The summed E-state index contributed by atoms with van der Waals surface area (Å²) in [6.45, 7) is 0. The van der Waals surface area contributed by atoms with Crippen molar-refractivity contribution >= 4 is 65.4 Å². The molecule has 0 radical (unpaired) electrons. The highest BCUT2D eigenvalue weighted by molar-refractivity contribution is 6.26. The molecule has 1 aromatic heterocycles. The second-order valence-corrected chi connectivity index (χ2v) is 14.6. The van der Waals surface area contributed by atoms with E-state index in [4.69, 9.17) is 9.15 Å². The molecule has 9 aromatic carbocycles. The second-order valence-electron chi connectivity index (χ2n) is 14.6. The van der Waals surface area contributed by atoms with Crippen LogP contribution in [-0.4, -0.2) is 6.10 Å². The Morgan fingerprint density at radius 1 is 0.426 bits per heavy atom. The Kier molecular flexibility index (Phi) is 6.20. The van der Waals surface area contributed by atoms with Crippen LogP contribution in [0.15, 0.2) is 180 Å². The zero-order valence-electron chi connectivity index (χ0n) is 29.3. The summed E-state index contributed by atoms with van der Waals surface area (Å²) in [6, 6.07) is 63.9. The van der Waals surface area contributed by atoms with E-state index in [0.717, 1.165) is 39.5 Å². The first kappa shape index (κ1) is 29.7. The van der Waals surface area contributed by atoms with Gasteiger partial charge in [-0.05, 0) is 95.5 Å². The van der Waals surface area contributed by atoms with Crippen LogP contribution in [0.4, 0.5) is 0 Å². The Morgan fingerprint density at radius 2 is 1.07 bits per heavy atom. The number of hydrogen-bond acceptors (Lipinski definition) is 2. The fourth-order valence-electron chi connectivity index (χ4n) is 9.54. The summed E-state index contributed by atoms with van der Waals surface area (Å²) < 4.78 is 13.3. The fraction of sp³-hybridized carbons (Fsp3) is 0.0385. The zero-order valence-corrected chi connectivity index (χ0v) is 29.3. The Balaban J connectivity index is 1.26. The molecule has 1 atom stereocenters. The molecule has 2 heteroatoms. The molecule has 1 unspecified atom stereocenters. The van der Waals surface area contributed by atoms with Crippen molar-refractivity contribution in [1.29, 1.82) is 0 Å². The molecule has 2 aliphatic rings. The van der Waals surface area contributed by atoms with Crippen molar-refractivity contribution in [2.24, 2.45) is 0 Å². The van der Waals surface area contributed by atoms with Gasteiger partial charge < -0.3 is 9.15 Å². The molecule has 1 aliphatic heterocycles. The molecule has 0 amide bonds. The molecule has 0 fully saturated rings. The molecule has 12 rings (SSSR count). The van der Waals surface area contributed by atoms with E-state index >= 15 is 0 Å². The van der Waals surface area contributed by atoms with Crippen molar-refractivity contribution in [3.8, 4) is 28.0 Å². The first-order chi connectivity index (χ1) is 26.8. The minimum Gasteiger partial charge on any atom is -0.485 e. The highest BCUT2D eigenvalue weighted by atomic mass is 16.5. The van der Waals surface area contributed by atoms with Crippen molar-refractivity contribution in [1.82, 2.24) is 0 Å². The van der Waals surface area contributed by atoms with Crippen LogP contribution in [0.2, 0.25) is 0 Å². The van der Waals surface area contributed by atoms with Gasteiger partial charge in [-0.25, -0.2) is 0 Å². The molecular weight excluding hydrogens is 657 g/mol. The predicted molar refractivity (Wildman–Crippen MR) is 224 cm³/mol. The largest absolute Gasteiger partial charge is 0.485 e. The number of furan rings is 1. The maximum Gasteiger partial charge on any atom is 0.136 e. The fourth-order valence-corrected chi connectivity index (χ4v) is 9.54. The van der Waals surface area contributed by atoms with Crippen LogP contribution in [0.1, 0.15) is 22.3 Å². The molecule has 0 saturated heterocycles. The summed E-state index contributed by atoms with van der Waals surface area (Å²) in [5, 5.41) is 9.57. The molecule has 0 saturated carbocycles. The van der Waals surface area contributed by atoms with Crippen molar-refractivity contribution in [2.45, 2.75) is 12.5 Å². The number of fused-ring (bicyclic) bond motifs is 10. The lowest BCUT2D eigenvalue weighted by molar-refractivity contribution is 0.275. The number of para-hydroxylation sites is 2. The maximum atomic E-state index is 6.71. The molecule has 0 spiro atoms. The third kappa shape index (κ3) is 4.17. The number of rotatable bonds is 3. The third-order valence-electron chi connectivity index (χ3n) is 11.8. The Morgan fingerprint density at radius 3 is 1.94 bits per heavy atom. The molecule has 10 aromatic rings. The van der Waals surface area contributed by atoms with E-state index in [2.05, 4.69) is 176 Å². The molecular formula is C52H32O2. The molecule has 2 heterocycles. The monoisotopic (exact) mass is 688 g/mol. The molecule has 54 heavy (non-hydrogen) atoms. The van der Waals surface area contributed by atoms with Crippen molar-refractivity contribution in [3.63, 3.8) is 0 Å². The van der Waals surface area contributed by atoms with Gasteiger partial charge in [0.1, 0.15) is 23.0 Å². The summed E-state index contributed by atoms with van der Waals surface area (Å²) >= 11 is 0. The lowest BCUT2D eigenvalue weighted by Gasteiger charge is -2.27. The van der Waals surface area contributed by atoms with Gasteiger partial charge in [-0.3, -0.25) is 0 Å². The van der Waals surface area contributed by atoms with Gasteiger partial charge in [0, 0.05) is 33.9 Å². The van der Waals surface area contributed by atoms with E-state index in [-0.39, 0.29) is 6.10 Å². The molecule has 1 aliphatic carbocycles. The average molecular weight is 689 g/mol. The quantitative estimate of drug-likeness (QED) is 0.172. The minimum absolute atomic E-state index is 0.0366. The van der Waals surface area contributed by atoms with Gasteiger partial charge in [0.2, 0.25) is 0 Å². The van der Waals surface area contributed by atoms with Gasteiger partial charge in [-0.2, -0.15) is 0 Å². The van der Waals surface area contributed by atoms with Gasteiger partial charge in [0.25, 0.3) is 0 Å². The van der Waals surface area contributed by atoms with Crippen LogP contribution < -0.4 is 4.74 Å². The Bertz CT molecular complexity index is 3220. The third-order valence-corrected chi connectivity index (χ3v) is 11.8. The topological polar surface area (TPSA) is 22.4 Å². The Labute approximate surface area is 312 Å². The van der Waals surface area contributed by atoms with E-state index in [9.17, 15) is 0 Å². The number of benzene rings is 9. The first-order valence-corrected chi connectivity index (χ1v) is 18.8. The van der Waals surface area contributed by atoms with Gasteiger partial charge in [0.15, 0.2) is 0 Å². The average Bonchev–Trinajstić information content (AvgIpc) is 3.79. The lowest BCUT2D eigenvalue weighted by Crippen LogP contribution is -2.22. The predicted octanol–water partition coefficient (Wildman–Crippen LogP) is 13.7. The lowest BCUT2D eigenvalue weighted by atomic mass is 9.77. The van der Waals surface area contributed by atoms with Crippen LogP contribution >= 0.6 is 0 Å². The van der Waals surface area contributed by atoms with Crippen LogP contribution in [0, 0.1) is 0 Å². The van der Waals surface area contributed by atoms with E-state index < -0.39 is 0 Å². The SMILES string of the molecule is c1ccc(-c2c3cccc(C4=C5c6ccccc6OC5Cc5ccccc54)c3cc3c(-c4c5ccccc5cc5oc6ccccc6c45)cccc23)cc1. The summed E-state index contributed by atoms with van der Waals surface area (Å²) in [5.74, 6) is 0.966. The van der Waals surface area contributed by atoms with E-state index in [1.54, 1.807) is 0 Å². The first-order valence-electron chi connectivity index (χ1n) is 18.8. The standard InChI is InChI=1S/C52H32O2/c1-2-14-31(15-3-1)48-36-22-12-24-38(49-34-18-6-4-16-32(34)28-46-51(49)40-20-8-10-26-44(40)53-46)42(36)30-43-37(48)23-13-25-39(43)50-35-19-7-5-17-33(35)29-47-52(50)41-21-9-11-27-45(41)54-47/h1-28,30,47H,29H2.